The minimum atomic E-state index is -6.82. The van der Waals surface area contributed by atoms with Crippen LogP contribution in [-0.2, 0) is 4.74 Å². The van der Waals surface area contributed by atoms with Crippen molar-refractivity contribution in [1.82, 2.24) is 0 Å². The molecule has 1 fully saturated rings. The van der Waals surface area contributed by atoms with Crippen LogP contribution in [0.3, 0.4) is 0 Å². The third-order valence-corrected chi connectivity index (χ3v) is 1.91. The molecule has 0 radical (unpaired) electrons. The van der Waals surface area contributed by atoms with Crippen LogP contribution < -0.4 is 0 Å². The first kappa shape index (κ1) is 13.4. The second-order valence-electron chi connectivity index (χ2n) is 3.09. The molecule has 0 bridgehead atoms. The van der Waals surface area contributed by atoms with Crippen LogP contribution in [0.4, 0.5) is 39.5 Å². The molecule has 0 N–H and O–H groups in total. The van der Waals surface area contributed by atoms with Gasteiger partial charge in [0.25, 0.3) is 0 Å². The van der Waals surface area contributed by atoms with E-state index in [4.69, 9.17) is 0 Å². The van der Waals surface area contributed by atoms with Crippen molar-refractivity contribution in [1.29, 1.82) is 0 Å². The van der Waals surface area contributed by atoms with Crippen LogP contribution in [0.5, 0.6) is 0 Å². The number of hydrogen-bond acceptors (Lipinski definition) is 1. The molecular weight excluding hydrogens is 259 g/mol. The van der Waals surface area contributed by atoms with E-state index in [-0.39, 0.29) is 0 Å². The normalized spacial score (nSPS) is 23.4. The zero-order valence-electron chi connectivity index (χ0n) is 7.09. The number of epoxide rings is 1. The summed E-state index contributed by atoms with van der Waals surface area (Å²) in [7, 11) is 0. The first-order chi connectivity index (χ1) is 6.86. The molecule has 0 aromatic rings. The predicted octanol–water partition coefficient (Wildman–Crippen LogP) is 2.85. The Morgan fingerprint density at radius 3 is 1.38 bits per heavy atom. The van der Waals surface area contributed by atoms with E-state index in [9.17, 15) is 39.5 Å². The van der Waals surface area contributed by atoms with Crippen molar-refractivity contribution >= 4 is 0 Å². The van der Waals surface area contributed by atoms with E-state index in [2.05, 4.69) is 4.74 Å². The van der Waals surface area contributed by atoms with Crippen molar-refractivity contribution in [2.75, 3.05) is 6.61 Å². The standard InChI is InChI=1S/C6H3F9O/c7-3(8,2-1-16-2)4(9,10)5(11,12)6(13,14)15/h2H,1H2/t2-/m0/s1. The van der Waals surface area contributed by atoms with Crippen LogP contribution in [0.1, 0.15) is 0 Å². The van der Waals surface area contributed by atoms with Gasteiger partial charge in [0.15, 0.2) is 6.10 Å². The summed E-state index contributed by atoms with van der Waals surface area (Å²) in [6.45, 7) is -0.990. The molecule has 10 heteroatoms. The maximum Gasteiger partial charge on any atom is 0.460 e. The monoisotopic (exact) mass is 262 g/mol. The molecule has 0 aliphatic carbocycles. The van der Waals surface area contributed by atoms with E-state index in [0.717, 1.165) is 0 Å². The third kappa shape index (κ3) is 1.62. The van der Waals surface area contributed by atoms with Gasteiger partial charge in [-0.2, -0.15) is 39.5 Å². The van der Waals surface area contributed by atoms with Crippen molar-refractivity contribution < 1.29 is 44.3 Å². The summed E-state index contributed by atoms with van der Waals surface area (Å²) in [6.07, 6.45) is -9.38. The molecule has 0 aromatic carbocycles. The Morgan fingerprint density at radius 1 is 0.750 bits per heavy atom. The fraction of sp³-hybridized carbons (Fsp3) is 1.00. The van der Waals surface area contributed by atoms with Crippen molar-refractivity contribution in [2.45, 2.75) is 30.0 Å². The van der Waals surface area contributed by atoms with Crippen LogP contribution in [-0.4, -0.2) is 36.7 Å². The topological polar surface area (TPSA) is 12.5 Å². The summed E-state index contributed by atoms with van der Waals surface area (Å²) >= 11 is 0. The molecule has 16 heavy (non-hydrogen) atoms. The molecule has 0 amide bonds. The van der Waals surface area contributed by atoms with Gasteiger partial charge in [-0.1, -0.05) is 0 Å². The second-order valence-corrected chi connectivity index (χ2v) is 3.09. The van der Waals surface area contributed by atoms with E-state index in [1.807, 2.05) is 0 Å². The van der Waals surface area contributed by atoms with Crippen LogP contribution in [0.25, 0.3) is 0 Å². The van der Waals surface area contributed by atoms with Gasteiger partial charge in [0.2, 0.25) is 0 Å². The van der Waals surface area contributed by atoms with Gasteiger partial charge in [-0.3, -0.25) is 0 Å². The largest absolute Gasteiger partial charge is 0.460 e. The lowest BCUT2D eigenvalue weighted by molar-refractivity contribution is -0.397. The van der Waals surface area contributed by atoms with Gasteiger partial charge in [0.1, 0.15) is 0 Å². The molecule has 1 heterocycles. The van der Waals surface area contributed by atoms with Crippen molar-refractivity contribution in [2.24, 2.45) is 0 Å². The molecule has 0 spiro atoms. The Hall–Kier alpha value is -0.670. The van der Waals surface area contributed by atoms with Gasteiger partial charge in [-0.15, -0.1) is 0 Å². The molecule has 0 unspecified atom stereocenters. The van der Waals surface area contributed by atoms with Crippen molar-refractivity contribution in [3.05, 3.63) is 0 Å². The average Bonchev–Trinajstić information content (AvgIpc) is 2.82. The lowest BCUT2D eigenvalue weighted by atomic mass is 10.0. The fourth-order valence-electron chi connectivity index (χ4n) is 0.847. The Labute approximate surface area is 82.2 Å². The third-order valence-electron chi connectivity index (χ3n) is 1.91. The number of ether oxygens (including phenoxy) is 1. The highest BCUT2D eigenvalue weighted by Gasteiger charge is 2.84. The van der Waals surface area contributed by atoms with Gasteiger partial charge in [-0.05, 0) is 0 Å². The van der Waals surface area contributed by atoms with Gasteiger partial charge >= 0.3 is 23.9 Å². The van der Waals surface area contributed by atoms with Crippen LogP contribution in [0.15, 0.2) is 0 Å². The Kier molecular flexibility index (Phi) is 2.66. The molecule has 96 valence electrons. The van der Waals surface area contributed by atoms with E-state index in [1.165, 1.54) is 0 Å². The first-order valence-corrected chi connectivity index (χ1v) is 3.67. The van der Waals surface area contributed by atoms with Gasteiger partial charge in [0, 0.05) is 0 Å². The van der Waals surface area contributed by atoms with E-state index < -0.39 is 36.7 Å². The van der Waals surface area contributed by atoms with E-state index in [0.29, 0.717) is 0 Å². The van der Waals surface area contributed by atoms with Gasteiger partial charge < -0.3 is 4.74 Å². The zero-order valence-corrected chi connectivity index (χ0v) is 7.09. The fourth-order valence-corrected chi connectivity index (χ4v) is 0.847. The SMILES string of the molecule is FC(F)(F)C(F)(F)C(F)(F)C(F)(F)[C@@H]1CO1. The summed E-state index contributed by atoms with van der Waals surface area (Å²) in [5.74, 6) is -19.0. The van der Waals surface area contributed by atoms with Crippen LogP contribution in [0.2, 0.25) is 0 Å². The molecule has 1 nitrogen and oxygen atoms in total. The minimum Gasteiger partial charge on any atom is -0.366 e. The van der Waals surface area contributed by atoms with Crippen molar-refractivity contribution in [3.8, 4) is 0 Å². The molecular formula is C6H3F9O. The lowest BCUT2D eigenvalue weighted by Gasteiger charge is -2.32. The zero-order chi connectivity index (χ0) is 13.0. The summed E-state index contributed by atoms with van der Waals surface area (Å²) in [4.78, 5) is 0. The maximum atomic E-state index is 12.6. The lowest BCUT2D eigenvalue weighted by Crippen LogP contribution is -2.62. The Morgan fingerprint density at radius 2 is 1.12 bits per heavy atom. The molecule has 1 aliphatic heterocycles. The molecule has 1 atom stereocenters. The maximum absolute atomic E-state index is 12.6. The van der Waals surface area contributed by atoms with Crippen LogP contribution >= 0.6 is 0 Å². The molecule has 1 aliphatic rings. The quantitative estimate of drug-likeness (QED) is 0.562. The number of alkyl halides is 9. The molecule has 1 saturated heterocycles. The van der Waals surface area contributed by atoms with Crippen LogP contribution in [0, 0.1) is 0 Å². The van der Waals surface area contributed by atoms with Gasteiger partial charge in [-0.25, -0.2) is 0 Å². The molecule has 0 saturated carbocycles. The average molecular weight is 262 g/mol. The highest BCUT2D eigenvalue weighted by atomic mass is 19.4. The second kappa shape index (κ2) is 3.17. The van der Waals surface area contributed by atoms with Crippen molar-refractivity contribution in [3.63, 3.8) is 0 Å². The highest BCUT2D eigenvalue weighted by Crippen LogP contribution is 2.55. The predicted molar refractivity (Wildman–Crippen MR) is 30.6 cm³/mol. The Bertz CT molecular complexity index is 276. The highest BCUT2D eigenvalue weighted by molar-refractivity contribution is 5.06. The summed E-state index contributed by atoms with van der Waals surface area (Å²) in [6, 6.07) is 0. The molecule has 1 rings (SSSR count). The van der Waals surface area contributed by atoms with Gasteiger partial charge in [0.05, 0.1) is 6.61 Å². The minimum absolute atomic E-state index is 0.990. The number of halogens is 9. The van der Waals surface area contributed by atoms with E-state index >= 15 is 0 Å². The summed E-state index contributed by atoms with van der Waals surface area (Å²) in [5, 5.41) is 0. The van der Waals surface area contributed by atoms with E-state index in [1.54, 1.807) is 0 Å². The smallest absolute Gasteiger partial charge is 0.366 e. The Balaban J connectivity index is 3.09. The summed E-state index contributed by atoms with van der Waals surface area (Å²) < 4.78 is 113. The summed E-state index contributed by atoms with van der Waals surface area (Å²) in [5.41, 5.74) is 0. The molecule has 0 aromatic heterocycles. The number of hydrogen-bond donors (Lipinski definition) is 0. The first-order valence-electron chi connectivity index (χ1n) is 3.67. The number of rotatable bonds is 3.